The Bertz CT molecular complexity index is 318. The quantitative estimate of drug-likeness (QED) is 0.625. The first-order valence-electron chi connectivity index (χ1n) is 4.62. The first kappa shape index (κ1) is 14.8. The summed E-state index contributed by atoms with van der Waals surface area (Å²) in [6, 6.07) is 0. The van der Waals surface area contributed by atoms with Crippen LogP contribution in [-0.4, -0.2) is 29.7 Å². The minimum atomic E-state index is -5.08. The molecule has 1 N–H and O–H groups in total. The van der Waals surface area contributed by atoms with Crippen LogP contribution in [0.5, 0.6) is 0 Å². The number of phosphoric acid groups is 1. The summed E-state index contributed by atoms with van der Waals surface area (Å²) < 4.78 is 81.3. The second-order valence-corrected chi connectivity index (χ2v) is 5.00. The zero-order chi connectivity index (χ0) is 13.3. The highest BCUT2D eigenvalue weighted by Crippen LogP contribution is 2.51. The summed E-state index contributed by atoms with van der Waals surface area (Å²) in [5.74, 6) is -4.26. The maximum Gasteiger partial charge on any atom is 0.472 e. The first-order valence-corrected chi connectivity index (χ1v) is 6.12. The van der Waals surface area contributed by atoms with Crippen LogP contribution in [0.4, 0.5) is 22.0 Å². The van der Waals surface area contributed by atoms with Crippen LogP contribution in [0.3, 0.4) is 0 Å². The van der Waals surface area contributed by atoms with Crippen molar-refractivity contribution in [2.75, 3.05) is 6.61 Å². The number of phosphoric ester groups is 1. The molecule has 1 saturated heterocycles. The molecule has 17 heavy (non-hydrogen) atoms. The molecule has 1 rings (SSSR count). The van der Waals surface area contributed by atoms with Crippen molar-refractivity contribution in [1.82, 2.24) is 0 Å². The summed E-state index contributed by atoms with van der Waals surface area (Å²) in [7, 11) is -4.70. The van der Waals surface area contributed by atoms with E-state index >= 15 is 0 Å². The van der Waals surface area contributed by atoms with Gasteiger partial charge in [0.1, 0.15) is 12.5 Å². The van der Waals surface area contributed by atoms with Crippen LogP contribution in [0.2, 0.25) is 0 Å². The highest BCUT2D eigenvalue weighted by Gasteiger charge is 2.52. The monoisotopic (exact) mass is 284 g/mol. The van der Waals surface area contributed by atoms with E-state index in [9.17, 15) is 26.5 Å². The van der Waals surface area contributed by atoms with Gasteiger partial charge in [-0.15, -0.1) is 0 Å². The summed E-state index contributed by atoms with van der Waals surface area (Å²) >= 11 is 0. The molecule has 102 valence electrons. The molecule has 0 bridgehead atoms. The lowest BCUT2D eigenvalue weighted by atomic mass is 10.0. The third-order valence-corrected chi connectivity index (χ3v) is 3.06. The predicted octanol–water partition coefficient (Wildman–Crippen LogP) is 2.87. The highest BCUT2D eigenvalue weighted by atomic mass is 31.2. The van der Waals surface area contributed by atoms with E-state index in [4.69, 9.17) is 4.89 Å². The number of hydrogen-bond donors (Lipinski definition) is 1. The van der Waals surface area contributed by atoms with Gasteiger partial charge in [-0.25, -0.2) is 13.3 Å². The van der Waals surface area contributed by atoms with Crippen LogP contribution in [0.25, 0.3) is 0 Å². The summed E-state index contributed by atoms with van der Waals surface area (Å²) in [5, 5.41) is 0. The zero-order valence-electron chi connectivity index (χ0n) is 8.41. The fraction of sp³-hybridized carbons (Fsp3) is 1.00. The van der Waals surface area contributed by atoms with E-state index in [0.717, 1.165) is 0 Å². The number of hydrogen-bond acceptors (Lipinski definition) is 3. The molecular formula is C7H10F5O4P. The van der Waals surface area contributed by atoms with E-state index < -0.39 is 38.9 Å². The molecule has 2 atom stereocenters. The van der Waals surface area contributed by atoms with E-state index in [1.807, 2.05) is 0 Å². The van der Waals surface area contributed by atoms with Gasteiger partial charge in [-0.1, -0.05) is 0 Å². The standard InChI is InChI=1S/C7H10F5O4P/c8-6(9,4-7(10,11)12)5-2-1-3-15-17(13,14)16-5/h5H,1-4H2,(H,13,14). The second kappa shape index (κ2) is 4.79. The van der Waals surface area contributed by atoms with Crippen molar-refractivity contribution < 1.29 is 40.5 Å². The van der Waals surface area contributed by atoms with Gasteiger partial charge < -0.3 is 4.89 Å². The Morgan fingerprint density at radius 3 is 2.41 bits per heavy atom. The molecule has 0 aromatic heterocycles. The molecular weight excluding hydrogens is 274 g/mol. The summed E-state index contributed by atoms with van der Waals surface area (Å²) in [5.41, 5.74) is 0. The Kier molecular flexibility index (Phi) is 4.18. The van der Waals surface area contributed by atoms with Gasteiger partial charge in [0.05, 0.1) is 6.61 Å². The van der Waals surface area contributed by atoms with Crippen LogP contribution in [-0.2, 0) is 13.6 Å². The fourth-order valence-electron chi connectivity index (χ4n) is 1.36. The summed E-state index contributed by atoms with van der Waals surface area (Å²) in [6.45, 7) is -0.313. The van der Waals surface area contributed by atoms with Gasteiger partial charge in [0, 0.05) is 0 Å². The van der Waals surface area contributed by atoms with Crippen molar-refractivity contribution in [2.45, 2.75) is 37.5 Å². The van der Waals surface area contributed by atoms with Crippen molar-refractivity contribution in [3.05, 3.63) is 0 Å². The molecule has 0 radical (unpaired) electrons. The third kappa shape index (κ3) is 4.87. The van der Waals surface area contributed by atoms with Gasteiger partial charge in [0.2, 0.25) is 0 Å². The smallest absolute Gasteiger partial charge is 0.302 e. The normalized spacial score (nSPS) is 32.2. The van der Waals surface area contributed by atoms with E-state index in [1.54, 1.807) is 0 Å². The number of halogens is 5. The molecule has 0 amide bonds. The first-order chi connectivity index (χ1) is 7.52. The molecule has 2 unspecified atom stereocenters. The summed E-state index contributed by atoms with van der Waals surface area (Å²) in [4.78, 5) is 8.88. The average molecular weight is 284 g/mol. The Hall–Kier alpha value is -0.240. The van der Waals surface area contributed by atoms with Gasteiger partial charge in [0.25, 0.3) is 5.92 Å². The molecule has 1 fully saturated rings. The van der Waals surface area contributed by atoms with Gasteiger partial charge in [0.15, 0.2) is 0 Å². The van der Waals surface area contributed by atoms with Crippen LogP contribution >= 0.6 is 7.82 Å². The lowest BCUT2D eigenvalue weighted by Crippen LogP contribution is -2.39. The largest absolute Gasteiger partial charge is 0.472 e. The Balaban J connectivity index is 2.78. The lowest BCUT2D eigenvalue weighted by molar-refractivity contribution is -0.212. The number of rotatable bonds is 2. The van der Waals surface area contributed by atoms with Crippen molar-refractivity contribution in [3.8, 4) is 0 Å². The van der Waals surface area contributed by atoms with Gasteiger partial charge in [-0.2, -0.15) is 13.2 Å². The van der Waals surface area contributed by atoms with E-state index in [1.165, 1.54) is 0 Å². The van der Waals surface area contributed by atoms with Crippen molar-refractivity contribution in [3.63, 3.8) is 0 Å². The molecule has 4 nitrogen and oxygen atoms in total. The van der Waals surface area contributed by atoms with Crippen LogP contribution < -0.4 is 0 Å². The predicted molar refractivity (Wildman–Crippen MR) is 45.5 cm³/mol. The van der Waals surface area contributed by atoms with Crippen molar-refractivity contribution in [1.29, 1.82) is 0 Å². The second-order valence-electron chi connectivity index (χ2n) is 3.59. The van der Waals surface area contributed by atoms with E-state index in [2.05, 4.69) is 9.05 Å². The SMILES string of the molecule is O=P1(O)OCCCC(C(F)(F)CC(F)(F)F)O1. The van der Waals surface area contributed by atoms with Crippen LogP contribution in [0.15, 0.2) is 0 Å². The highest BCUT2D eigenvalue weighted by molar-refractivity contribution is 7.47. The maximum atomic E-state index is 13.2. The topological polar surface area (TPSA) is 55.8 Å². The Morgan fingerprint density at radius 2 is 1.88 bits per heavy atom. The minimum absolute atomic E-state index is 0.0807. The Labute approximate surface area is 93.3 Å². The van der Waals surface area contributed by atoms with Crippen molar-refractivity contribution in [2.24, 2.45) is 0 Å². The fourth-order valence-corrected chi connectivity index (χ4v) is 2.36. The third-order valence-electron chi connectivity index (χ3n) is 2.03. The van der Waals surface area contributed by atoms with Crippen LogP contribution in [0.1, 0.15) is 19.3 Å². The molecule has 1 aliphatic heterocycles. The van der Waals surface area contributed by atoms with E-state index in [0.29, 0.717) is 0 Å². The average Bonchev–Trinajstić information content (AvgIpc) is 2.22. The molecule has 0 spiro atoms. The van der Waals surface area contributed by atoms with Gasteiger partial charge in [-0.05, 0) is 12.8 Å². The Morgan fingerprint density at radius 1 is 1.29 bits per heavy atom. The molecule has 0 aromatic rings. The maximum absolute atomic E-state index is 13.2. The lowest BCUT2D eigenvalue weighted by Gasteiger charge is -2.26. The van der Waals surface area contributed by atoms with Gasteiger partial charge in [-0.3, -0.25) is 9.05 Å². The summed E-state index contributed by atoms with van der Waals surface area (Å²) in [6.07, 6.45) is -10.3. The molecule has 0 aromatic carbocycles. The number of alkyl halides is 5. The molecule has 0 aliphatic carbocycles. The zero-order valence-corrected chi connectivity index (χ0v) is 9.31. The van der Waals surface area contributed by atoms with Crippen LogP contribution in [0, 0.1) is 0 Å². The molecule has 10 heteroatoms. The van der Waals surface area contributed by atoms with Gasteiger partial charge >= 0.3 is 14.0 Å². The van der Waals surface area contributed by atoms with E-state index in [-0.39, 0.29) is 13.0 Å². The molecule has 1 aliphatic rings. The minimum Gasteiger partial charge on any atom is -0.302 e. The molecule has 0 saturated carbocycles. The van der Waals surface area contributed by atoms with Crippen molar-refractivity contribution >= 4 is 7.82 Å². The molecule has 1 heterocycles.